The third-order valence-corrected chi connectivity index (χ3v) is 3.05. The van der Waals surface area contributed by atoms with Gasteiger partial charge in [0.15, 0.2) is 0 Å². The summed E-state index contributed by atoms with van der Waals surface area (Å²) in [6.07, 6.45) is 3.32. The summed E-state index contributed by atoms with van der Waals surface area (Å²) >= 11 is 0. The molecule has 0 saturated heterocycles. The number of aromatic amines is 1. The van der Waals surface area contributed by atoms with Gasteiger partial charge in [0.1, 0.15) is 0 Å². The lowest BCUT2D eigenvalue weighted by atomic mass is 10.1. The highest BCUT2D eigenvalue weighted by Crippen LogP contribution is 2.29. The Hall–Kier alpha value is -1.32. The van der Waals surface area contributed by atoms with Crippen LogP contribution < -0.4 is 0 Å². The molecule has 1 heterocycles. The maximum atomic E-state index is 12.4. The molecule has 0 spiro atoms. The minimum atomic E-state index is 0.146. The molecule has 1 aliphatic carbocycles. The number of amides is 1. The Kier molecular flexibility index (Phi) is 2.99. The van der Waals surface area contributed by atoms with Crippen LogP contribution in [0.3, 0.4) is 0 Å². The SMILES string of the molecule is CCCN(C(=O)c1c(C)n[nH]c1C)C1CC1. The van der Waals surface area contributed by atoms with Crippen molar-refractivity contribution in [3.8, 4) is 0 Å². The first kappa shape index (κ1) is 11.2. The highest BCUT2D eigenvalue weighted by molar-refractivity contribution is 5.96. The summed E-state index contributed by atoms with van der Waals surface area (Å²) < 4.78 is 0. The molecule has 1 amide bonds. The number of hydrogen-bond acceptors (Lipinski definition) is 2. The summed E-state index contributed by atoms with van der Waals surface area (Å²) in [5, 5.41) is 6.96. The van der Waals surface area contributed by atoms with E-state index in [1.54, 1.807) is 0 Å². The van der Waals surface area contributed by atoms with Crippen LogP contribution >= 0.6 is 0 Å². The van der Waals surface area contributed by atoms with Crippen LogP contribution in [-0.2, 0) is 0 Å². The number of nitrogens with one attached hydrogen (secondary N) is 1. The summed E-state index contributed by atoms with van der Waals surface area (Å²) in [5.41, 5.74) is 2.45. The topological polar surface area (TPSA) is 49.0 Å². The van der Waals surface area contributed by atoms with Crippen molar-refractivity contribution in [2.24, 2.45) is 0 Å². The van der Waals surface area contributed by atoms with E-state index in [0.717, 1.165) is 42.8 Å². The van der Waals surface area contributed by atoms with E-state index in [2.05, 4.69) is 17.1 Å². The number of aryl methyl sites for hydroxylation is 2. The molecule has 1 N–H and O–H groups in total. The van der Waals surface area contributed by atoms with Gasteiger partial charge in [-0.25, -0.2) is 0 Å². The number of carbonyl (C=O) groups is 1. The van der Waals surface area contributed by atoms with Crippen LogP contribution in [0.1, 0.15) is 47.9 Å². The second-order valence-electron chi connectivity index (χ2n) is 4.54. The highest BCUT2D eigenvalue weighted by Gasteiger charge is 2.33. The monoisotopic (exact) mass is 221 g/mol. The highest BCUT2D eigenvalue weighted by atomic mass is 16.2. The molecule has 0 bridgehead atoms. The van der Waals surface area contributed by atoms with Gasteiger partial charge in [-0.15, -0.1) is 0 Å². The Labute approximate surface area is 96.0 Å². The summed E-state index contributed by atoms with van der Waals surface area (Å²) in [5.74, 6) is 0.146. The van der Waals surface area contributed by atoms with Crippen LogP contribution in [0.15, 0.2) is 0 Å². The molecule has 1 saturated carbocycles. The molecule has 4 heteroatoms. The molecular weight excluding hydrogens is 202 g/mol. The first-order valence-electron chi connectivity index (χ1n) is 5.97. The number of rotatable bonds is 4. The lowest BCUT2D eigenvalue weighted by molar-refractivity contribution is 0.0742. The quantitative estimate of drug-likeness (QED) is 0.845. The minimum absolute atomic E-state index is 0.146. The average Bonchev–Trinajstić information content (AvgIpc) is 3.02. The Morgan fingerprint density at radius 1 is 1.50 bits per heavy atom. The largest absolute Gasteiger partial charge is 0.336 e. The van der Waals surface area contributed by atoms with E-state index in [1.165, 1.54) is 0 Å². The van der Waals surface area contributed by atoms with Crippen molar-refractivity contribution in [2.45, 2.75) is 46.1 Å². The molecule has 2 rings (SSSR count). The number of nitrogens with zero attached hydrogens (tertiary/aromatic N) is 2. The normalized spacial score (nSPS) is 15.2. The van der Waals surface area contributed by atoms with E-state index in [9.17, 15) is 4.79 Å². The second-order valence-corrected chi connectivity index (χ2v) is 4.54. The van der Waals surface area contributed by atoms with E-state index in [-0.39, 0.29) is 5.91 Å². The molecule has 0 radical (unpaired) electrons. The predicted octanol–water partition coefficient (Wildman–Crippen LogP) is 2.04. The number of hydrogen-bond donors (Lipinski definition) is 1. The summed E-state index contributed by atoms with van der Waals surface area (Å²) in [6, 6.07) is 0.473. The van der Waals surface area contributed by atoms with Gasteiger partial charge in [0.25, 0.3) is 5.91 Å². The van der Waals surface area contributed by atoms with Crippen molar-refractivity contribution >= 4 is 5.91 Å². The van der Waals surface area contributed by atoms with E-state index in [1.807, 2.05) is 18.7 Å². The Morgan fingerprint density at radius 3 is 2.62 bits per heavy atom. The fourth-order valence-electron chi connectivity index (χ4n) is 2.09. The van der Waals surface area contributed by atoms with Crippen LogP contribution in [0.4, 0.5) is 0 Å². The average molecular weight is 221 g/mol. The summed E-state index contributed by atoms with van der Waals surface area (Å²) in [6.45, 7) is 6.75. The first-order chi connectivity index (χ1) is 7.65. The molecule has 0 atom stereocenters. The number of carbonyl (C=O) groups excluding carboxylic acids is 1. The van der Waals surface area contributed by atoms with Crippen molar-refractivity contribution in [3.05, 3.63) is 17.0 Å². The van der Waals surface area contributed by atoms with Crippen molar-refractivity contribution in [1.29, 1.82) is 0 Å². The van der Waals surface area contributed by atoms with Gasteiger partial charge in [0.05, 0.1) is 11.3 Å². The van der Waals surface area contributed by atoms with Gasteiger partial charge in [-0.3, -0.25) is 9.89 Å². The zero-order valence-corrected chi connectivity index (χ0v) is 10.2. The first-order valence-corrected chi connectivity index (χ1v) is 5.97. The van der Waals surface area contributed by atoms with Crippen LogP contribution in [0.25, 0.3) is 0 Å². The van der Waals surface area contributed by atoms with Crippen molar-refractivity contribution < 1.29 is 4.79 Å². The molecule has 1 aromatic heterocycles. The fraction of sp³-hybridized carbons (Fsp3) is 0.667. The summed E-state index contributed by atoms with van der Waals surface area (Å²) in [7, 11) is 0. The molecule has 0 aliphatic heterocycles. The van der Waals surface area contributed by atoms with Crippen molar-refractivity contribution in [1.82, 2.24) is 15.1 Å². The van der Waals surface area contributed by atoms with Gasteiger partial charge in [-0.05, 0) is 33.1 Å². The Bertz CT molecular complexity index is 373. The molecular formula is C12H19N3O. The maximum absolute atomic E-state index is 12.4. The van der Waals surface area contributed by atoms with Crippen LogP contribution in [0.5, 0.6) is 0 Å². The Morgan fingerprint density at radius 2 is 2.19 bits per heavy atom. The van der Waals surface area contributed by atoms with Crippen LogP contribution in [0.2, 0.25) is 0 Å². The van der Waals surface area contributed by atoms with Crippen molar-refractivity contribution in [2.75, 3.05) is 6.54 Å². The summed E-state index contributed by atoms with van der Waals surface area (Å²) in [4.78, 5) is 14.4. The van der Waals surface area contributed by atoms with Crippen LogP contribution in [-0.4, -0.2) is 33.6 Å². The smallest absolute Gasteiger partial charge is 0.257 e. The zero-order valence-electron chi connectivity index (χ0n) is 10.2. The van der Waals surface area contributed by atoms with E-state index in [0.29, 0.717) is 6.04 Å². The molecule has 0 aromatic carbocycles. The number of aromatic nitrogens is 2. The molecule has 88 valence electrons. The fourth-order valence-corrected chi connectivity index (χ4v) is 2.09. The third kappa shape index (κ3) is 1.96. The number of H-pyrrole nitrogens is 1. The lowest BCUT2D eigenvalue weighted by Gasteiger charge is -2.21. The third-order valence-electron chi connectivity index (χ3n) is 3.05. The molecule has 16 heavy (non-hydrogen) atoms. The van der Waals surface area contributed by atoms with E-state index >= 15 is 0 Å². The van der Waals surface area contributed by atoms with Gasteiger partial charge in [-0.1, -0.05) is 6.92 Å². The second kappa shape index (κ2) is 4.28. The molecule has 0 unspecified atom stereocenters. The van der Waals surface area contributed by atoms with Gasteiger partial charge in [-0.2, -0.15) is 5.10 Å². The van der Waals surface area contributed by atoms with Gasteiger partial charge in [0.2, 0.25) is 0 Å². The van der Waals surface area contributed by atoms with Crippen molar-refractivity contribution in [3.63, 3.8) is 0 Å². The standard InChI is InChI=1S/C12H19N3O/c1-4-7-15(10-5-6-10)12(16)11-8(2)13-14-9(11)3/h10H,4-7H2,1-3H3,(H,13,14). The molecule has 1 aliphatic rings. The molecule has 1 aromatic rings. The molecule has 1 fully saturated rings. The Balaban J connectivity index is 2.22. The van der Waals surface area contributed by atoms with Crippen LogP contribution in [0, 0.1) is 13.8 Å². The molecule has 4 nitrogen and oxygen atoms in total. The zero-order chi connectivity index (χ0) is 11.7. The van der Waals surface area contributed by atoms with E-state index in [4.69, 9.17) is 0 Å². The van der Waals surface area contributed by atoms with Gasteiger partial charge in [0, 0.05) is 18.3 Å². The van der Waals surface area contributed by atoms with Gasteiger partial charge >= 0.3 is 0 Å². The van der Waals surface area contributed by atoms with Gasteiger partial charge < -0.3 is 4.90 Å². The predicted molar refractivity (Wildman–Crippen MR) is 62.4 cm³/mol. The minimum Gasteiger partial charge on any atom is -0.336 e. The lowest BCUT2D eigenvalue weighted by Crippen LogP contribution is -2.34. The van der Waals surface area contributed by atoms with E-state index < -0.39 is 0 Å². The maximum Gasteiger partial charge on any atom is 0.257 e.